The van der Waals surface area contributed by atoms with Crippen LogP contribution < -0.4 is 0 Å². The molecule has 0 aromatic rings. The molecular weight excluding hydrogens is 192 g/mol. The molecule has 0 spiro atoms. The van der Waals surface area contributed by atoms with Gasteiger partial charge in [0.05, 0.1) is 13.2 Å². The molecule has 0 fully saturated rings. The second kappa shape index (κ2) is 8.01. The van der Waals surface area contributed by atoms with Gasteiger partial charge in [-0.25, -0.2) is 4.79 Å². The summed E-state index contributed by atoms with van der Waals surface area (Å²) in [4.78, 5) is 13.2. The fourth-order valence-electron chi connectivity index (χ4n) is 1.10. The maximum Gasteiger partial charge on any atom is 0.333 e. The third-order valence-electron chi connectivity index (χ3n) is 2.15. The van der Waals surface area contributed by atoms with Gasteiger partial charge in [0.2, 0.25) is 0 Å². The predicted molar refractivity (Wildman–Crippen MR) is 58.1 cm³/mol. The van der Waals surface area contributed by atoms with Crippen LogP contribution in [0.25, 0.3) is 0 Å². The van der Waals surface area contributed by atoms with Gasteiger partial charge < -0.3 is 4.74 Å². The van der Waals surface area contributed by atoms with Crippen molar-refractivity contribution in [2.75, 3.05) is 26.7 Å². The Morgan fingerprint density at radius 1 is 1.60 bits per heavy atom. The van der Waals surface area contributed by atoms with Crippen LogP contribution in [0.3, 0.4) is 0 Å². The van der Waals surface area contributed by atoms with Crippen LogP contribution in [-0.2, 0) is 9.53 Å². The van der Waals surface area contributed by atoms with Gasteiger partial charge in [0, 0.05) is 25.1 Å². The van der Waals surface area contributed by atoms with Gasteiger partial charge in [-0.15, -0.1) is 0 Å². The number of esters is 1. The minimum Gasteiger partial charge on any atom is -0.466 e. The van der Waals surface area contributed by atoms with Crippen molar-refractivity contribution < 1.29 is 9.53 Å². The van der Waals surface area contributed by atoms with Crippen LogP contribution in [-0.4, -0.2) is 37.6 Å². The van der Waals surface area contributed by atoms with Crippen molar-refractivity contribution >= 4 is 5.97 Å². The number of carbonyl (C=O) groups is 1. The molecule has 0 N–H and O–H groups in total. The molecule has 0 aliphatic heterocycles. The molecule has 0 aliphatic rings. The molecule has 84 valence electrons. The minimum atomic E-state index is -0.300. The number of rotatable bonds is 6. The lowest BCUT2D eigenvalue weighted by Crippen LogP contribution is -2.25. The lowest BCUT2D eigenvalue weighted by molar-refractivity contribution is -0.136. The number of methoxy groups -OCH3 is 1. The zero-order valence-corrected chi connectivity index (χ0v) is 9.62. The van der Waals surface area contributed by atoms with Crippen molar-refractivity contribution in [1.82, 2.24) is 4.90 Å². The van der Waals surface area contributed by atoms with Crippen molar-refractivity contribution in [1.29, 1.82) is 5.26 Å². The number of hydrogen-bond donors (Lipinski definition) is 0. The smallest absolute Gasteiger partial charge is 0.333 e. The second-order valence-corrected chi connectivity index (χ2v) is 3.18. The summed E-state index contributed by atoms with van der Waals surface area (Å²) in [7, 11) is 1.37. The van der Waals surface area contributed by atoms with Crippen LogP contribution in [0.5, 0.6) is 0 Å². The first-order valence-corrected chi connectivity index (χ1v) is 5.00. The van der Waals surface area contributed by atoms with Crippen LogP contribution in [0.4, 0.5) is 0 Å². The SMILES string of the molecule is CCN(CC=C(C)C(=O)OC)CCC#N. The van der Waals surface area contributed by atoms with Gasteiger partial charge in [0.15, 0.2) is 0 Å². The second-order valence-electron chi connectivity index (χ2n) is 3.18. The van der Waals surface area contributed by atoms with Crippen LogP contribution >= 0.6 is 0 Å². The third kappa shape index (κ3) is 5.87. The standard InChI is InChI=1S/C11H18N2O2/c1-4-13(8-5-7-12)9-6-10(2)11(14)15-3/h6H,4-5,8-9H2,1-3H3. The molecular formula is C11H18N2O2. The maximum absolute atomic E-state index is 11.1. The zero-order valence-electron chi connectivity index (χ0n) is 9.62. The summed E-state index contributed by atoms with van der Waals surface area (Å²) < 4.78 is 4.58. The Bertz CT molecular complexity index is 266. The molecule has 0 rings (SSSR count). The summed E-state index contributed by atoms with van der Waals surface area (Å²) in [5.41, 5.74) is 0.605. The van der Waals surface area contributed by atoms with Gasteiger partial charge in [-0.05, 0) is 13.5 Å². The van der Waals surface area contributed by atoms with E-state index >= 15 is 0 Å². The van der Waals surface area contributed by atoms with Crippen molar-refractivity contribution in [3.63, 3.8) is 0 Å². The van der Waals surface area contributed by atoms with Crippen molar-refractivity contribution in [2.24, 2.45) is 0 Å². The monoisotopic (exact) mass is 210 g/mol. The number of hydrogen-bond acceptors (Lipinski definition) is 4. The summed E-state index contributed by atoms with van der Waals surface area (Å²) in [6, 6.07) is 2.10. The highest BCUT2D eigenvalue weighted by Crippen LogP contribution is 1.98. The van der Waals surface area contributed by atoms with Gasteiger partial charge in [-0.2, -0.15) is 5.26 Å². The fraction of sp³-hybridized carbons (Fsp3) is 0.636. The molecule has 0 saturated carbocycles. The summed E-state index contributed by atoms with van der Waals surface area (Å²) in [5, 5.41) is 8.45. The van der Waals surface area contributed by atoms with Crippen molar-refractivity contribution in [3.8, 4) is 6.07 Å². The van der Waals surface area contributed by atoms with E-state index in [0.717, 1.165) is 13.1 Å². The van der Waals surface area contributed by atoms with E-state index in [1.807, 2.05) is 13.0 Å². The topological polar surface area (TPSA) is 53.3 Å². The van der Waals surface area contributed by atoms with E-state index in [-0.39, 0.29) is 5.97 Å². The Morgan fingerprint density at radius 3 is 2.73 bits per heavy atom. The van der Waals surface area contributed by atoms with Gasteiger partial charge in [0.25, 0.3) is 0 Å². The van der Waals surface area contributed by atoms with E-state index in [1.54, 1.807) is 6.92 Å². The number of carbonyl (C=O) groups excluding carboxylic acids is 1. The quantitative estimate of drug-likeness (QED) is 0.490. The van der Waals surface area contributed by atoms with Gasteiger partial charge in [-0.1, -0.05) is 13.0 Å². The summed E-state index contributed by atoms with van der Waals surface area (Å²) >= 11 is 0. The Kier molecular flexibility index (Phi) is 7.29. The van der Waals surface area contributed by atoms with Gasteiger partial charge >= 0.3 is 5.97 Å². The number of nitriles is 1. The maximum atomic E-state index is 11.1. The number of nitrogens with zero attached hydrogens (tertiary/aromatic N) is 2. The Hall–Kier alpha value is -1.34. The zero-order chi connectivity index (χ0) is 11.7. The Morgan fingerprint density at radius 2 is 2.27 bits per heavy atom. The molecule has 0 heterocycles. The van der Waals surface area contributed by atoms with E-state index in [9.17, 15) is 4.79 Å². The normalized spacial score (nSPS) is 11.3. The first-order valence-electron chi connectivity index (χ1n) is 5.00. The molecule has 0 saturated heterocycles. The summed E-state index contributed by atoms with van der Waals surface area (Å²) in [6.07, 6.45) is 2.34. The number of ether oxygens (including phenoxy) is 1. The van der Waals surface area contributed by atoms with E-state index in [2.05, 4.69) is 15.7 Å². The molecule has 15 heavy (non-hydrogen) atoms. The first kappa shape index (κ1) is 13.7. The van der Waals surface area contributed by atoms with Crippen LogP contribution in [0.2, 0.25) is 0 Å². The molecule has 0 aromatic heterocycles. The first-order chi connectivity index (χ1) is 7.15. The largest absolute Gasteiger partial charge is 0.466 e. The van der Waals surface area contributed by atoms with Crippen molar-refractivity contribution in [2.45, 2.75) is 20.3 Å². The van der Waals surface area contributed by atoms with Crippen molar-refractivity contribution in [3.05, 3.63) is 11.6 Å². The highest BCUT2D eigenvalue weighted by Gasteiger charge is 2.04. The summed E-state index contributed by atoms with van der Waals surface area (Å²) in [6.45, 7) is 6.03. The highest BCUT2D eigenvalue weighted by molar-refractivity contribution is 5.87. The summed E-state index contributed by atoms with van der Waals surface area (Å²) in [5.74, 6) is -0.300. The molecule has 0 radical (unpaired) electrons. The number of likely N-dealkylation sites (N-methyl/N-ethyl adjacent to an activating group) is 1. The molecule has 0 amide bonds. The molecule has 4 nitrogen and oxygen atoms in total. The average molecular weight is 210 g/mol. The van der Waals surface area contributed by atoms with E-state index in [0.29, 0.717) is 18.5 Å². The highest BCUT2D eigenvalue weighted by atomic mass is 16.5. The van der Waals surface area contributed by atoms with Gasteiger partial charge in [0.1, 0.15) is 0 Å². The minimum absolute atomic E-state index is 0.300. The average Bonchev–Trinajstić information content (AvgIpc) is 2.27. The Labute approximate surface area is 91.1 Å². The molecule has 0 bridgehead atoms. The lowest BCUT2D eigenvalue weighted by atomic mass is 10.2. The lowest BCUT2D eigenvalue weighted by Gasteiger charge is -2.16. The van der Waals surface area contributed by atoms with E-state index in [1.165, 1.54) is 7.11 Å². The van der Waals surface area contributed by atoms with E-state index < -0.39 is 0 Å². The van der Waals surface area contributed by atoms with E-state index in [4.69, 9.17) is 5.26 Å². The molecule has 0 aromatic carbocycles. The molecule has 0 unspecified atom stereocenters. The van der Waals surface area contributed by atoms with Gasteiger partial charge in [-0.3, -0.25) is 4.90 Å². The van der Waals surface area contributed by atoms with Crippen LogP contribution in [0.15, 0.2) is 11.6 Å². The molecule has 0 aliphatic carbocycles. The molecule has 4 heteroatoms. The van der Waals surface area contributed by atoms with Crippen LogP contribution in [0, 0.1) is 11.3 Å². The predicted octanol–water partition coefficient (Wildman–Crippen LogP) is 1.34. The third-order valence-corrected chi connectivity index (χ3v) is 2.15. The van der Waals surface area contributed by atoms with Crippen LogP contribution in [0.1, 0.15) is 20.3 Å². The fourth-order valence-corrected chi connectivity index (χ4v) is 1.10. The Balaban J connectivity index is 4.09. The molecule has 0 atom stereocenters.